The molecule has 2 amide bonds. The number of hydrogen-bond donors (Lipinski definition) is 1. The predicted molar refractivity (Wildman–Crippen MR) is 119 cm³/mol. The summed E-state index contributed by atoms with van der Waals surface area (Å²) in [4.78, 5) is 35.6. The van der Waals surface area contributed by atoms with Gasteiger partial charge in [-0.05, 0) is 45.0 Å². The highest BCUT2D eigenvalue weighted by molar-refractivity contribution is 7.13. The molecule has 3 heterocycles. The molecular weight excluding hydrogens is 396 g/mol. The number of carbonyl (C=O) groups excluding carboxylic acids is 2. The molecule has 1 saturated heterocycles. The molecule has 1 N–H and O–H groups in total. The van der Waals surface area contributed by atoms with E-state index in [4.69, 9.17) is 4.98 Å². The van der Waals surface area contributed by atoms with Gasteiger partial charge in [-0.15, -0.1) is 11.3 Å². The van der Waals surface area contributed by atoms with E-state index in [2.05, 4.69) is 10.3 Å². The topological polar surface area (TPSA) is 75.2 Å². The van der Waals surface area contributed by atoms with Crippen molar-refractivity contribution in [3.05, 3.63) is 54.2 Å². The number of amides is 2. The normalized spacial score (nSPS) is 16.7. The van der Waals surface area contributed by atoms with Crippen LogP contribution in [0.4, 0.5) is 5.69 Å². The number of aromatic nitrogens is 2. The van der Waals surface area contributed by atoms with E-state index >= 15 is 0 Å². The molecule has 1 aliphatic heterocycles. The Bertz CT molecular complexity index is 1070. The maximum Gasteiger partial charge on any atom is 0.229 e. The molecule has 0 bridgehead atoms. The zero-order chi connectivity index (χ0) is 21.3. The summed E-state index contributed by atoms with van der Waals surface area (Å²) in [6.45, 7) is 6.42. The number of anilines is 1. The molecule has 7 heteroatoms. The predicted octanol–water partition coefficient (Wildman–Crippen LogP) is 4.46. The van der Waals surface area contributed by atoms with E-state index in [0.29, 0.717) is 12.2 Å². The largest absolute Gasteiger partial charge is 0.337 e. The number of thiazole rings is 1. The van der Waals surface area contributed by atoms with Crippen LogP contribution in [0.15, 0.2) is 54.2 Å². The first kappa shape index (κ1) is 20.2. The Morgan fingerprint density at radius 2 is 1.93 bits per heavy atom. The molecule has 1 unspecified atom stereocenters. The van der Waals surface area contributed by atoms with E-state index in [0.717, 1.165) is 21.8 Å². The molecule has 0 radical (unpaired) electrons. The summed E-state index contributed by atoms with van der Waals surface area (Å²) >= 11 is 1.57. The average molecular weight is 421 g/mol. The second kappa shape index (κ2) is 7.99. The molecule has 1 aliphatic rings. The zero-order valence-corrected chi connectivity index (χ0v) is 18.1. The van der Waals surface area contributed by atoms with Gasteiger partial charge in [0.05, 0.1) is 11.6 Å². The Kier molecular flexibility index (Phi) is 5.39. The minimum atomic E-state index is -0.335. The zero-order valence-electron chi connectivity index (χ0n) is 17.3. The fourth-order valence-electron chi connectivity index (χ4n) is 3.57. The molecule has 0 saturated carbocycles. The third-order valence-electron chi connectivity index (χ3n) is 5.16. The molecule has 4 rings (SSSR count). The smallest absolute Gasteiger partial charge is 0.229 e. The van der Waals surface area contributed by atoms with Crippen LogP contribution in [0, 0.1) is 5.92 Å². The van der Waals surface area contributed by atoms with E-state index in [1.165, 1.54) is 0 Å². The van der Waals surface area contributed by atoms with Gasteiger partial charge in [-0.1, -0.05) is 12.1 Å². The number of rotatable bonds is 4. The van der Waals surface area contributed by atoms with Crippen molar-refractivity contribution in [1.29, 1.82) is 0 Å². The molecule has 1 aromatic carbocycles. The van der Waals surface area contributed by atoms with Crippen LogP contribution in [-0.2, 0) is 9.59 Å². The SMILES string of the molecule is CC(C)(C)N1CC(C(=O)Nc2cccc(-c3csc(-c4ccncc4)n3)c2)CC1=O. The number of benzene rings is 1. The first-order chi connectivity index (χ1) is 14.3. The molecule has 30 heavy (non-hydrogen) atoms. The maximum atomic E-state index is 12.8. The molecule has 6 nitrogen and oxygen atoms in total. The summed E-state index contributed by atoms with van der Waals surface area (Å²) in [5.74, 6) is -0.427. The molecule has 154 valence electrons. The van der Waals surface area contributed by atoms with Crippen molar-refractivity contribution >= 4 is 28.8 Å². The van der Waals surface area contributed by atoms with Crippen LogP contribution >= 0.6 is 11.3 Å². The van der Waals surface area contributed by atoms with Crippen molar-refractivity contribution < 1.29 is 9.59 Å². The van der Waals surface area contributed by atoms with Crippen LogP contribution in [0.3, 0.4) is 0 Å². The van der Waals surface area contributed by atoms with Crippen LogP contribution < -0.4 is 5.32 Å². The van der Waals surface area contributed by atoms with Crippen molar-refractivity contribution in [2.24, 2.45) is 5.92 Å². The average Bonchev–Trinajstić information content (AvgIpc) is 3.36. The van der Waals surface area contributed by atoms with E-state index in [1.807, 2.05) is 62.5 Å². The van der Waals surface area contributed by atoms with Gasteiger partial charge in [0.1, 0.15) is 5.01 Å². The Labute approximate surface area is 180 Å². The molecule has 0 spiro atoms. The summed E-state index contributed by atoms with van der Waals surface area (Å²) in [7, 11) is 0. The Morgan fingerprint density at radius 1 is 1.17 bits per heavy atom. The second-order valence-electron chi connectivity index (χ2n) is 8.42. The lowest BCUT2D eigenvalue weighted by Gasteiger charge is -2.31. The Balaban J connectivity index is 1.48. The van der Waals surface area contributed by atoms with E-state index in [-0.39, 0.29) is 29.7 Å². The van der Waals surface area contributed by atoms with Crippen LogP contribution in [0.2, 0.25) is 0 Å². The van der Waals surface area contributed by atoms with Gasteiger partial charge in [0.2, 0.25) is 11.8 Å². The van der Waals surface area contributed by atoms with Crippen LogP contribution in [0.1, 0.15) is 27.2 Å². The highest BCUT2D eigenvalue weighted by Crippen LogP contribution is 2.30. The van der Waals surface area contributed by atoms with Crippen molar-refractivity contribution in [2.75, 3.05) is 11.9 Å². The lowest BCUT2D eigenvalue weighted by atomic mass is 10.1. The van der Waals surface area contributed by atoms with Crippen LogP contribution in [0.25, 0.3) is 21.8 Å². The second-order valence-corrected chi connectivity index (χ2v) is 9.28. The number of carbonyl (C=O) groups is 2. The maximum absolute atomic E-state index is 12.8. The van der Waals surface area contributed by atoms with Crippen molar-refractivity contribution in [2.45, 2.75) is 32.7 Å². The molecular formula is C23H24N4O2S. The number of pyridine rings is 1. The summed E-state index contributed by atoms with van der Waals surface area (Å²) in [5, 5.41) is 5.91. The summed E-state index contributed by atoms with van der Waals surface area (Å²) in [5.41, 5.74) is 3.25. The number of hydrogen-bond acceptors (Lipinski definition) is 5. The monoisotopic (exact) mass is 420 g/mol. The van der Waals surface area contributed by atoms with Gasteiger partial charge in [-0.3, -0.25) is 14.6 Å². The lowest BCUT2D eigenvalue weighted by Crippen LogP contribution is -2.42. The highest BCUT2D eigenvalue weighted by atomic mass is 32.1. The number of nitrogens with one attached hydrogen (secondary N) is 1. The number of likely N-dealkylation sites (tertiary alicyclic amines) is 1. The Hall–Kier alpha value is -3.06. The fraction of sp³-hybridized carbons (Fsp3) is 0.304. The molecule has 1 fully saturated rings. The van der Waals surface area contributed by atoms with Crippen molar-refractivity contribution in [1.82, 2.24) is 14.9 Å². The van der Waals surface area contributed by atoms with Gasteiger partial charge in [0.15, 0.2) is 0 Å². The van der Waals surface area contributed by atoms with Crippen LogP contribution in [0.5, 0.6) is 0 Å². The summed E-state index contributed by atoms with van der Waals surface area (Å²) in [6, 6.07) is 11.5. The highest BCUT2D eigenvalue weighted by Gasteiger charge is 2.39. The van der Waals surface area contributed by atoms with Gasteiger partial charge < -0.3 is 10.2 Å². The van der Waals surface area contributed by atoms with E-state index < -0.39 is 0 Å². The van der Waals surface area contributed by atoms with Gasteiger partial charge >= 0.3 is 0 Å². The first-order valence-electron chi connectivity index (χ1n) is 9.89. The molecule has 0 aliphatic carbocycles. The first-order valence-corrected chi connectivity index (χ1v) is 10.8. The standard InChI is InChI=1S/C23H24N4O2S/c1-23(2,3)27-13-17(12-20(27)28)21(29)25-18-6-4-5-16(11-18)19-14-30-22(26-19)15-7-9-24-10-8-15/h4-11,14,17H,12-13H2,1-3H3,(H,25,29). The quantitative estimate of drug-likeness (QED) is 0.676. The van der Waals surface area contributed by atoms with Crippen molar-refractivity contribution in [3.63, 3.8) is 0 Å². The van der Waals surface area contributed by atoms with E-state index in [1.54, 1.807) is 28.6 Å². The minimum Gasteiger partial charge on any atom is -0.337 e. The van der Waals surface area contributed by atoms with Crippen molar-refractivity contribution in [3.8, 4) is 21.8 Å². The van der Waals surface area contributed by atoms with Gasteiger partial charge in [-0.2, -0.15) is 0 Å². The summed E-state index contributed by atoms with van der Waals surface area (Å²) in [6.07, 6.45) is 3.76. The minimum absolute atomic E-state index is 0.0301. The molecule has 3 aromatic rings. The third-order valence-corrected chi connectivity index (χ3v) is 6.05. The Morgan fingerprint density at radius 3 is 2.63 bits per heavy atom. The fourth-order valence-corrected chi connectivity index (χ4v) is 4.40. The van der Waals surface area contributed by atoms with Gasteiger partial charge in [0, 0.05) is 53.1 Å². The van der Waals surface area contributed by atoms with Crippen LogP contribution in [-0.4, -0.2) is 38.8 Å². The van der Waals surface area contributed by atoms with Gasteiger partial charge in [-0.25, -0.2) is 4.98 Å². The molecule has 1 atom stereocenters. The van der Waals surface area contributed by atoms with Gasteiger partial charge in [0.25, 0.3) is 0 Å². The summed E-state index contributed by atoms with van der Waals surface area (Å²) < 4.78 is 0. The lowest BCUT2D eigenvalue weighted by molar-refractivity contribution is -0.131. The molecule has 2 aromatic heterocycles. The third kappa shape index (κ3) is 4.26. The van der Waals surface area contributed by atoms with E-state index in [9.17, 15) is 9.59 Å². The number of nitrogens with zero attached hydrogens (tertiary/aromatic N) is 3.